The molecule has 0 saturated heterocycles. The number of aromatic nitrogens is 2. The minimum atomic E-state index is 0.274. The fourth-order valence-electron chi connectivity index (χ4n) is 2.90. The molecule has 2 aromatic rings. The van der Waals surface area contributed by atoms with Crippen molar-refractivity contribution in [2.75, 3.05) is 5.73 Å². The molecule has 1 fully saturated rings. The Labute approximate surface area is 102 Å². The zero-order valence-electron chi connectivity index (χ0n) is 10.5. The van der Waals surface area contributed by atoms with Crippen LogP contribution in [-0.4, -0.2) is 9.55 Å². The van der Waals surface area contributed by atoms with E-state index in [-0.39, 0.29) is 5.54 Å². The molecule has 0 aliphatic heterocycles. The number of benzene rings is 1. The predicted octanol–water partition coefficient (Wildman–Crippen LogP) is 3.08. The van der Waals surface area contributed by atoms with Gasteiger partial charge >= 0.3 is 0 Å². The number of hydrogen-bond donors (Lipinski definition) is 1. The van der Waals surface area contributed by atoms with Gasteiger partial charge in [-0.15, -0.1) is 0 Å². The Hall–Kier alpha value is -1.51. The normalized spacial score (nSPS) is 18.2. The molecule has 1 aromatic heterocycles. The maximum absolute atomic E-state index is 5.83. The van der Waals surface area contributed by atoms with Crippen molar-refractivity contribution < 1.29 is 0 Å². The van der Waals surface area contributed by atoms with Crippen LogP contribution in [0.2, 0.25) is 0 Å². The third kappa shape index (κ3) is 1.45. The van der Waals surface area contributed by atoms with E-state index in [1.165, 1.54) is 30.6 Å². The van der Waals surface area contributed by atoms with Crippen LogP contribution in [0.15, 0.2) is 18.2 Å². The molecule has 0 unspecified atom stereocenters. The summed E-state index contributed by atoms with van der Waals surface area (Å²) < 4.78 is 2.44. The zero-order chi connectivity index (χ0) is 12.0. The number of fused-ring (bicyclic) bond motifs is 1. The summed E-state index contributed by atoms with van der Waals surface area (Å²) in [4.78, 5) is 4.72. The fourth-order valence-corrected chi connectivity index (χ4v) is 2.90. The summed E-state index contributed by atoms with van der Waals surface area (Å²) in [5, 5.41) is 0. The molecule has 1 aliphatic carbocycles. The van der Waals surface area contributed by atoms with Crippen molar-refractivity contribution in [1.29, 1.82) is 0 Å². The lowest BCUT2D eigenvalue weighted by molar-refractivity contribution is 0.170. The fraction of sp³-hybridized carbons (Fsp3) is 0.500. The summed E-state index contributed by atoms with van der Waals surface area (Å²) >= 11 is 0. The number of nitrogen functional groups attached to an aromatic ring is 1. The summed E-state index contributed by atoms with van der Waals surface area (Å²) in [5.41, 5.74) is 9.17. The van der Waals surface area contributed by atoms with Crippen molar-refractivity contribution in [2.24, 2.45) is 0 Å². The van der Waals surface area contributed by atoms with Crippen LogP contribution in [0.5, 0.6) is 0 Å². The van der Waals surface area contributed by atoms with Gasteiger partial charge in [0, 0.05) is 17.6 Å². The van der Waals surface area contributed by atoms with Gasteiger partial charge in [-0.1, -0.05) is 6.92 Å². The highest BCUT2D eigenvalue weighted by Gasteiger charge is 2.36. The lowest BCUT2D eigenvalue weighted by Gasteiger charge is -2.41. The first kappa shape index (κ1) is 10.6. The SMILES string of the molecule is CCc1nc2cc(N)ccc2n1C1(C)CCC1. The number of imidazole rings is 1. The van der Waals surface area contributed by atoms with Crippen LogP contribution in [0.1, 0.15) is 38.9 Å². The Morgan fingerprint density at radius 2 is 2.18 bits per heavy atom. The predicted molar refractivity (Wildman–Crippen MR) is 71.0 cm³/mol. The van der Waals surface area contributed by atoms with Gasteiger partial charge in [0.05, 0.1) is 11.0 Å². The van der Waals surface area contributed by atoms with E-state index in [1.54, 1.807) is 0 Å². The van der Waals surface area contributed by atoms with Crippen molar-refractivity contribution in [1.82, 2.24) is 9.55 Å². The molecule has 0 bridgehead atoms. The van der Waals surface area contributed by atoms with Gasteiger partial charge in [0.1, 0.15) is 5.82 Å². The first-order valence-electron chi connectivity index (χ1n) is 6.41. The van der Waals surface area contributed by atoms with E-state index in [0.717, 1.165) is 17.6 Å². The molecule has 1 saturated carbocycles. The molecule has 0 radical (unpaired) electrons. The molecule has 0 spiro atoms. The second-order valence-corrected chi connectivity index (χ2v) is 5.32. The molecule has 1 heterocycles. The number of hydrogen-bond acceptors (Lipinski definition) is 2. The maximum Gasteiger partial charge on any atom is 0.110 e. The Kier molecular flexibility index (Phi) is 2.18. The van der Waals surface area contributed by atoms with E-state index in [4.69, 9.17) is 10.7 Å². The first-order chi connectivity index (χ1) is 8.14. The highest BCUT2D eigenvalue weighted by Crippen LogP contribution is 2.41. The smallest absolute Gasteiger partial charge is 0.110 e. The molecule has 1 aromatic carbocycles. The highest BCUT2D eigenvalue weighted by molar-refractivity contribution is 5.80. The van der Waals surface area contributed by atoms with Gasteiger partial charge in [0.2, 0.25) is 0 Å². The van der Waals surface area contributed by atoms with Crippen molar-refractivity contribution >= 4 is 16.7 Å². The molecule has 2 N–H and O–H groups in total. The van der Waals surface area contributed by atoms with Gasteiger partial charge < -0.3 is 10.3 Å². The van der Waals surface area contributed by atoms with E-state index < -0.39 is 0 Å². The van der Waals surface area contributed by atoms with Crippen LogP contribution in [0.4, 0.5) is 5.69 Å². The minimum absolute atomic E-state index is 0.274. The van der Waals surface area contributed by atoms with Crippen molar-refractivity contribution in [2.45, 2.75) is 45.1 Å². The van der Waals surface area contributed by atoms with E-state index >= 15 is 0 Å². The van der Waals surface area contributed by atoms with Crippen LogP contribution in [0.25, 0.3) is 11.0 Å². The second-order valence-electron chi connectivity index (χ2n) is 5.32. The molecule has 1 aliphatic rings. The Balaban J connectivity index is 2.27. The Bertz CT molecular complexity index is 564. The van der Waals surface area contributed by atoms with Crippen molar-refractivity contribution in [3.8, 4) is 0 Å². The van der Waals surface area contributed by atoms with Crippen LogP contribution >= 0.6 is 0 Å². The summed E-state index contributed by atoms with van der Waals surface area (Å²) in [7, 11) is 0. The second kappa shape index (κ2) is 3.49. The quantitative estimate of drug-likeness (QED) is 0.804. The lowest BCUT2D eigenvalue weighted by Crippen LogP contribution is -2.38. The number of aryl methyl sites for hydroxylation is 1. The molecule has 17 heavy (non-hydrogen) atoms. The zero-order valence-corrected chi connectivity index (χ0v) is 10.5. The summed E-state index contributed by atoms with van der Waals surface area (Å²) in [6.07, 6.45) is 4.82. The monoisotopic (exact) mass is 229 g/mol. The molecule has 3 rings (SSSR count). The van der Waals surface area contributed by atoms with Gasteiger partial charge in [0.25, 0.3) is 0 Å². The molecule has 90 valence electrons. The Morgan fingerprint density at radius 3 is 2.76 bits per heavy atom. The van der Waals surface area contributed by atoms with Gasteiger partial charge in [-0.05, 0) is 44.4 Å². The Morgan fingerprint density at radius 1 is 1.41 bits per heavy atom. The van der Waals surface area contributed by atoms with Crippen LogP contribution < -0.4 is 5.73 Å². The molecule has 3 heteroatoms. The van der Waals surface area contributed by atoms with Crippen LogP contribution in [0, 0.1) is 0 Å². The van der Waals surface area contributed by atoms with Gasteiger partial charge in [-0.2, -0.15) is 0 Å². The number of nitrogens with zero attached hydrogens (tertiary/aromatic N) is 2. The lowest BCUT2D eigenvalue weighted by atomic mass is 9.78. The van der Waals surface area contributed by atoms with Crippen LogP contribution in [-0.2, 0) is 12.0 Å². The van der Waals surface area contributed by atoms with E-state index in [1.807, 2.05) is 12.1 Å². The number of anilines is 1. The maximum atomic E-state index is 5.83. The molecule has 3 nitrogen and oxygen atoms in total. The van der Waals surface area contributed by atoms with Crippen LogP contribution in [0.3, 0.4) is 0 Å². The summed E-state index contributed by atoms with van der Waals surface area (Å²) in [6.45, 7) is 4.51. The van der Waals surface area contributed by atoms with Gasteiger partial charge in [-0.25, -0.2) is 4.98 Å². The van der Waals surface area contributed by atoms with Gasteiger partial charge in [0.15, 0.2) is 0 Å². The first-order valence-corrected chi connectivity index (χ1v) is 6.41. The highest BCUT2D eigenvalue weighted by atomic mass is 15.1. The summed E-state index contributed by atoms with van der Waals surface area (Å²) in [5.74, 6) is 1.19. The third-order valence-corrected chi connectivity index (χ3v) is 4.03. The number of nitrogens with two attached hydrogens (primary N) is 1. The van der Waals surface area contributed by atoms with E-state index in [2.05, 4.69) is 24.5 Å². The minimum Gasteiger partial charge on any atom is -0.399 e. The molecular weight excluding hydrogens is 210 g/mol. The van der Waals surface area contributed by atoms with Gasteiger partial charge in [-0.3, -0.25) is 0 Å². The topological polar surface area (TPSA) is 43.8 Å². The molecule has 0 amide bonds. The largest absolute Gasteiger partial charge is 0.399 e. The standard InChI is InChI=1S/C14H19N3/c1-3-13-16-11-9-10(15)5-6-12(11)17(13)14(2)7-4-8-14/h5-6,9H,3-4,7-8,15H2,1-2H3. The number of rotatable bonds is 2. The average Bonchev–Trinajstić information content (AvgIpc) is 2.63. The molecule has 0 atom stereocenters. The molecular formula is C14H19N3. The average molecular weight is 229 g/mol. The van der Waals surface area contributed by atoms with Crippen molar-refractivity contribution in [3.63, 3.8) is 0 Å². The van der Waals surface area contributed by atoms with E-state index in [0.29, 0.717) is 0 Å². The van der Waals surface area contributed by atoms with E-state index in [9.17, 15) is 0 Å². The third-order valence-electron chi connectivity index (χ3n) is 4.03. The summed E-state index contributed by atoms with van der Waals surface area (Å²) in [6, 6.07) is 6.06. The van der Waals surface area contributed by atoms with Crippen molar-refractivity contribution in [3.05, 3.63) is 24.0 Å².